The van der Waals surface area contributed by atoms with Crippen LogP contribution >= 0.6 is 22.6 Å². The molecule has 21 heavy (non-hydrogen) atoms. The van der Waals surface area contributed by atoms with Crippen LogP contribution in [0, 0.1) is 3.57 Å². The molecule has 0 fully saturated rings. The molecule has 0 bridgehead atoms. The molecule has 0 radical (unpaired) electrons. The second-order valence-electron chi connectivity index (χ2n) is 4.32. The largest absolute Gasteiger partial charge is 0.480 e. The van der Waals surface area contributed by atoms with Gasteiger partial charge in [-0.1, -0.05) is 30.3 Å². The minimum Gasteiger partial charge on any atom is -0.480 e. The second kappa shape index (κ2) is 5.72. The normalized spacial score (nSPS) is 10.6. The number of ether oxygens (including phenoxy) is 1. The molecule has 1 N–H and O–H groups in total. The number of pyridine rings is 1. The van der Waals surface area contributed by atoms with E-state index in [9.17, 15) is 5.21 Å². The van der Waals surface area contributed by atoms with E-state index in [1.165, 1.54) is 0 Å². The summed E-state index contributed by atoms with van der Waals surface area (Å²) in [6.45, 7) is 0. The summed E-state index contributed by atoms with van der Waals surface area (Å²) >= 11 is 2.17. The molecule has 3 aromatic rings. The van der Waals surface area contributed by atoms with Crippen molar-refractivity contribution in [1.29, 1.82) is 0 Å². The van der Waals surface area contributed by atoms with Crippen molar-refractivity contribution in [2.24, 2.45) is 0 Å². The Hall–Kier alpha value is -2.09. The van der Waals surface area contributed by atoms with Crippen LogP contribution in [0.3, 0.4) is 0 Å². The third-order valence-electron chi connectivity index (χ3n) is 3.09. The number of methoxy groups -OCH3 is 1. The summed E-state index contributed by atoms with van der Waals surface area (Å²) in [7, 11) is 1.55. The van der Waals surface area contributed by atoms with Gasteiger partial charge < -0.3 is 9.94 Å². The van der Waals surface area contributed by atoms with Gasteiger partial charge in [0.25, 0.3) is 0 Å². The van der Waals surface area contributed by atoms with Crippen LogP contribution in [0.15, 0.2) is 48.8 Å². The van der Waals surface area contributed by atoms with Crippen LogP contribution in [0.5, 0.6) is 5.88 Å². The zero-order valence-electron chi connectivity index (χ0n) is 11.2. The molecule has 5 nitrogen and oxygen atoms in total. The summed E-state index contributed by atoms with van der Waals surface area (Å²) in [5, 5.41) is 10.4. The van der Waals surface area contributed by atoms with Crippen LogP contribution in [0.2, 0.25) is 0 Å². The van der Waals surface area contributed by atoms with Crippen molar-refractivity contribution in [2.75, 3.05) is 7.11 Å². The molecule has 3 rings (SSSR count). The van der Waals surface area contributed by atoms with Gasteiger partial charge >= 0.3 is 0 Å². The standard InChI is InChI=1S/C15H12IN3O2/c1-21-15-13(11(16)7-8-17-15)14-18-9-12(19(14)20)10-5-3-2-4-6-10/h2-9,20H,1H3. The highest BCUT2D eigenvalue weighted by Crippen LogP contribution is 2.33. The summed E-state index contributed by atoms with van der Waals surface area (Å²) < 4.78 is 7.24. The number of hydrogen-bond donors (Lipinski definition) is 1. The number of hydrogen-bond acceptors (Lipinski definition) is 4. The Labute approximate surface area is 135 Å². The molecule has 0 spiro atoms. The molecule has 0 saturated carbocycles. The summed E-state index contributed by atoms with van der Waals surface area (Å²) in [4.78, 5) is 8.49. The zero-order chi connectivity index (χ0) is 14.8. The van der Waals surface area contributed by atoms with Gasteiger partial charge in [-0.3, -0.25) is 0 Å². The fourth-order valence-electron chi connectivity index (χ4n) is 2.10. The Morgan fingerprint density at radius 1 is 1.14 bits per heavy atom. The minimum atomic E-state index is 0.406. The van der Waals surface area contributed by atoms with Gasteiger partial charge in [-0.05, 0) is 28.7 Å². The molecular weight excluding hydrogens is 381 g/mol. The molecule has 0 aliphatic heterocycles. The number of imidazole rings is 1. The Bertz CT molecular complexity index is 772. The van der Waals surface area contributed by atoms with Gasteiger partial charge in [0.2, 0.25) is 5.88 Å². The van der Waals surface area contributed by atoms with Crippen LogP contribution in [-0.2, 0) is 0 Å². The minimum absolute atomic E-state index is 0.406. The monoisotopic (exact) mass is 393 g/mol. The van der Waals surface area contributed by atoms with Crippen molar-refractivity contribution in [3.63, 3.8) is 0 Å². The lowest BCUT2D eigenvalue weighted by atomic mass is 10.2. The van der Waals surface area contributed by atoms with Crippen molar-refractivity contribution in [3.8, 4) is 28.5 Å². The van der Waals surface area contributed by atoms with Gasteiger partial charge in [0, 0.05) is 15.3 Å². The zero-order valence-corrected chi connectivity index (χ0v) is 13.4. The van der Waals surface area contributed by atoms with E-state index < -0.39 is 0 Å². The van der Waals surface area contributed by atoms with Crippen molar-refractivity contribution >= 4 is 22.6 Å². The molecule has 0 atom stereocenters. The summed E-state index contributed by atoms with van der Waals surface area (Å²) in [5.74, 6) is 0.839. The smallest absolute Gasteiger partial charge is 0.225 e. The Kier molecular flexibility index (Phi) is 3.78. The van der Waals surface area contributed by atoms with Crippen LogP contribution < -0.4 is 4.74 Å². The molecule has 0 aliphatic rings. The van der Waals surface area contributed by atoms with Gasteiger partial charge in [-0.15, -0.1) is 0 Å². The average molecular weight is 393 g/mol. The van der Waals surface area contributed by atoms with Gasteiger partial charge in [0.1, 0.15) is 5.69 Å². The van der Waals surface area contributed by atoms with Gasteiger partial charge in [0.05, 0.1) is 18.9 Å². The third-order valence-corrected chi connectivity index (χ3v) is 3.99. The number of aromatic nitrogens is 3. The van der Waals surface area contributed by atoms with E-state index >= 15 is 0 Å². The number of nitrogens with zero attached hydrogens (tertiary/aromatic N) is 3. The molecule has 0 saturated heterocycles. The van der Waals surface area contributed by atoms with Gasteiger partial charge in [0.15, 0.2) is 5.82 Å². The van der Waals surface area contributed by atoms with Crippen LogP contribution in [-0.4, -0.2) is 27.0 Å². The molecule has 0 amide bonds. The molecule has 6 heteroatoms. The lowest BCUT2D eigenvalue weighted by molar-refractivity contribution is 0.195. The summed E-state index contributed by atoms with van der Waals surface area (Å²) in [5.41, 5.74) is 2.18. The first-order valence-corrected chi connectivity index (χ1v) is 7.31. The first-order chi connectivity index (χ1) is 10.2. The van der Waals surface area contributed by atoms with E-state index in [4.69, 9.17) is 4.74 Å². The highest BCUT2D eigenvalue weighted by molar-refractivity contribution is 14.1. The van der Waals surface area contributed by atoms with Crippen molar-refractivity contribution < 1.29 is 9.94 Å². The highest BCUT2D eigenvalue weighted by Gasteiger charge is 2.19. The van der Waals surface area contributed by atoms with Crippen molar-refractivity contribution in [2.45, 2.75) is 0 Å². The SMILES string of the molecule is COc1nccc(I)c1-c1ncc(-c2ccccc2)n1O. The average Bonchev–Trinajstić information content (AvgIpc) is 2.89. The predicted molar refractivity (Wildman–Crippen MR) is 87.3 cm³/mol. The fraction of sp³-hybridized carbons (Fsp3) is 0.0667. The van der Waals surface area contributed by atoms with E-state index in [2.05, 4.69) is 32.6 Å². The topological polar surface area (TPSA) is 60.2 Å². The fourth-order valence-corrected chi connectivity index (χ4v) is 2.73. The molecule has 106 valence electrons. The Morgan fingerprint density at radius 2 is 1.90 bits per heavy atom. The molecule has 0 aliphatic carbocycles. The molecule has 2 heterocycles. The lowest BCUT2D eigenvalue weighted by Crippen LogP contribution is -2.01. The van der Waals surface area contributed by atoms with Gasteiger partial charge in [-0.2, -0.15) is 4.73 Å². The van der Waals surface area contributed by atoms with E-state index in [-0.39, 0.29) is 0 Å². The second-order valence-corrected chi connectivity index (χ2v) is 5.48. The molecular formula is C15H12IN3O2. The number of halogens is 1. The Balaban J connectivity index is 2.17. The lowest BCUT2D eigenvalue weighted by Gasteiger charge is -2.09. The maximum atomic E-state index is 10.4. The van der Waals surface area contributed by atoms with E-state index in [0.29, 0.717) is 23.0 Å². The van der Waals surface area contributed by atoms with E-state index in [0.717, 1.165) is 13.9 Å². The number of rotatable bonds is 3. The molecule has 0 unspecified atom stereocenters. The third kappa shape index (κ3) is 2.46. The van der Waals surface area contributed by atoms with E-state index in [1.807, 2.05) is 36.4 Å². The Morgan fingerprint density at radius 3 is 2.62 bits per heavy atom. The molecule has 1 aromatic carbocycles. The maximum absolute atomic E-state index is 10.4. The number of benzene rings is 1. The predicted octanol–water partition coefficient (Wildman–Crippen LogP) is 3.46. The van der Waals surface area contributed by atoms with Crippen molar-refractivity contribution in [1.82, 2.24) is 14.7 Å². The van der Waals surface area contributed by atoms with Crippen LogP contribution in [0.4, 0.5) is 0 Å². The maximum Gasteiger partial charge on any atom is 0.225 e. The van der Waals surface area contributed by atoms with Crippen molar-refractivity contribution in [3.05, 3.63) is 52.4 Å². The van der Waals surface area contributed by atoms with Gasteiger partial charge in [-0.25, -0.2) is 9.97 Å². The first-order valence-electron chi connectivity index (χ1n) is 6.23. The first kappa shape index (κ1) is 13.9. The molecule has 2 aromatic heterocycles. The van der Waals surface area contributed by atoms with Crippen LogP contribution in [0.25, 0.3) is 22.6 Å². The van der Waals surface area contributed by atoms with Crippen LogP contribution in [0.1, 0.15) is 0 Å². The summed E-state index contributed by atoms with van der Waals surface area (Å²) in [6.07, 6.45) is 3.29. The summed E-state index contributed by atoms with van der Waals surface area (Å²) in [6, 6.07) is 11.4. The quantitative estimate of drug-likeness (QED) is 0.547. The highest BCUT2D eigenvalue weighted by atomic mass is 127. The van der Waals surface area contributed by atoms with E-state index in [1.54, 1.807) is 19.5 Å².